The van der Waals surface area contributed by atoms with Gasteiger partial charge in [-0.3, -0.25) is 9.59 Å². The van der Waals surface area contributed by atoms with Crippen LogP contribution in [-0.2, 0) is 22.6 Å². The minimum atomic E-state index is -0.466. The van der Waals surface area contributed by atoms with Crippen molar-refractivity contribution in [3.05, 3.63) is 76.9 Å². The summed E-state index contributed by atoms with van der Waals surface area (Å²) in [5, 5.41) is 12.1. The van der Waals surface area contributed by atoms with Gasteiger partial charge in [-0.25, -0.2) is 0 Å². The molecule has 0 amide bonds. The zero-order valence-electron chi connectivity index (χ0n) is 14.7. The Morgan fingerprint density at radius 2 is 1.92 bits per heavy atom. The summed E-state index contributed by atoms with van der Waals surface area (Å²) in [6.07, 6.45) is 4.46. The van der Waals surface area contributed by atoms with Gasteiger partial charge in [0, 0.05) is 18.9 Å². The summed E-state index contributed by atoms with van der Waals surface area (Å²) in [5.41, 5.74) is 4.43. The van der Waals surface area contributed by atoms with Crippen molar-refractivity contribution in [3.8, 4) is 0 Å². The number of hydrogen-bond acceptors (Lipinski definition) is 4. The molecule has 0 spiro atoms. The molecule has 134 valence electrons. The molecule has 1 atom stereocenters. The summed E-state index contributed by atoms with van der Waals surface area (Å²) in [6.45, 7) is 1.06. The summed E-state index contributed by atoms with van der Waals surface area (Å²) in [6, 6.07) is 16.0. The zero-order valence-corrected chi connectivity index (χ0v) is 14.7. The third kappa shape index (κ3) is 4.54. The van der Waals surface area contributed by atoms with Crippen LogP contribution in [0.4, 0.5) is 0 Å². The first-order valence-corrected chi connectivity index (χ1v) is 8.89. The van der Waals surface area contributed by atoms with Crippen LogP contribution in [0.15, 0.2) is 54.6 Å². The van der Waals surface area contributed by atoms with Crippen LogP contribution in [0.5, 0.6) is 0 Å². The first-order valence-electron chi connectivity index (χ1n) is 8.89. The molecule has 0 saturated heterocycles. The Morgan fingerprint density at radius 1 is 1.15 bits per heavy atom. The van der Waals surface area contributed by atoms with E-state index in [1.165, 1.54) is 17.2 Å². The smallest absolute Gasteiger partial charge is 0.181 e. The number of Topliss-reactive ketones (excluding diaryl/α,β-unsaturated/α-hetero) is 1. The lowest BCUT2D eigenvalue weighted by atomic mass is 9.97. The van der Waals surface area contributed by atoms with Crippen molar-refractivity contribution in [1.82, 2.24) is 5.32 Å². The highest BCUT2D eigenvalue weighted by Gasteiger charge is 2.29. The van der Waals surface area contributed by atoms with Gasteiger partial charge in [-0.05, 0) is 41.3 Å². The van der Waals surface area contributed by atoms with Gasteiger partial charge in [-0.15, -0.1) is 0 Å². The molecule has 0 saturated carbocycles. The SMILES string of the molecule is O=C(/C=C/c1ccc(CNCCC2C(=O)Cc3ccccc32)cc1)CO. The van der Waals surface area contributed by atoms with Crippen molar-refractivity contribution < 1.29 is 14.7 Å². The second-order valence-corrected chi connectivity index (χ2v) is 6.56. The Kier molecular flexibility index (Phi) is 6.10. The summed E-state index contributed by atoms with van der Waals surface area (Å²) in [5.74, 6) is 0.0376. The maximum absolute atomic E-state index is 12.2. The quantitative estimate of drug-likeness (QED) is 0.568. The lowest BCUT2D eigenvalue weighted by Gasteiger charge is -2.11. The van der Waals surface area contributed by atoms with Crippen molar-refractivity contribution in [1.29, 1.82) is 0 Å². The number of nitrogens with one attached hydrogen (secondary N) is 1. The number of ketones is 2. The molecule has 0 aromatic heterocycles. The number of carbonyl (C=O) groups excluding carboxylic acids is 2. The van der Waals surface area contributed by atoms with Crippen LogP contribution >= 0.6 is 0 Å². The predicted molar refractivity (Wildman–Crippen MR) is 102 cm³/mol. The monoisotopic (exact) mass is 349 g/mol. The van der Waals surface area contributed by atoms with Crippen LogP contribution in [0.2, 0.25) is 0 Å². The highest BCUT2D eigenvalue weighted by atomic mass is 16.3. The van der Waals surface area contributed by atoms with E-state index in [0.717, 1.165) is 30.6 Å². The molecule has 1 unspecified atom stereocenters. The zero-order chi connectivity index (χ0) is 18.4. The van der Waals surface area contributed by atoms with Gasteiger partial charge in [0.2, 0.25) is 0 Å². The van der Waals surface area contributed by atoms with Crippen molar-refractivity contribution in [2.24, 2.45) is 0 Å². The molecule has 3 rings (SSSR count). The second kappa shape index (κ2) is 8.70. The summed E-state index contributed by atoms with van der Waals surface area (Å²) in [4.78, 5) is 23.3. The molecule has 4 nitrogen and oxygen atoms in total. The normalized spacial score (nSPS) is 16.2. The minimum Gasteiger partial charge on any atom is -0.388 e. The third-order valence-corrected chi connectivity index (χ3v) is 4.72. The van der Waals surface area contributed by atoms with E-state index in [9.17, 15) is 9.59 Å². The Morgan fingerprint density at radius 3 is 2.69 bits per heavy atom. The topological polar surface area (TPSA) is 66.4 Å². The molecule has 4 heteroatoms. The van der Waals surface area contributed by atoms with E-state index in [-0.39, 0.29) is 11.7 Å². The fourth-order valence-electron chi connectivity index (χ4n) is 3.30. The largest absolute Gasteiger partial charge is 0.388 e. The Balaban J connectivity index is 1.46. The summed E-state index contributed by atoms with van der Waals surface area (Å²) < 4.78 is 0. The van der Waals surface area contributed by atoms with E-state index in [2.05, 4.69) is 11.4 Å². The Bertz CT molecular complexity index is 808. The van der Waals surface area contributed by atoms with Gasteiger partial charge >= 0.3 is 0 Å². The predicted octanol–water partition coefficient (Wildman–Crippen LogP) is 2.65. The van der Waals surface area contributed by atoms with Gasteiger partial charge in [0.15, 0.2) is 5.78 Å². The number of carbonyl (C=O) groups is 2. The van der Waals surface area contributed by atoms with E-state index in [1.54, 1.807) is 6.08 Å². The number of aliphatic hydroxyl groups is 1. The average Bonchev–Trinajstić information content (AvgIpc) is 2.99. The first-order chi connectivity index (χ1) is 12.7. The highest BCUT2D eigenvalue weighted by Crippen LogP contribution is 2.32. The van der Waals surface area contributed by atoms with Gasteiger partial charge in [-0.2, -0.15) is 0 Å². The minimum absolute atomic E-state index is 0.0234. The van der Waals surface area contributed by atoms with Crippen LogP contribution in [0, 0.1) is 0 Å². The number of rotatable bonds is 8. The van der Waals surface area contributed by atoms with Crippen molar-refractivity contribution >= 4 is 17.6 Å². The second-order valence-electron chi connectivity index (χ2n) is 6.56. The Labute approximate surface area is 153 Å². The molecule has 0 aliphatic heterocycles. The van der Waals surface area contributed by atoms with Crippen molar-refractivity contribution in [2.45, 2.75) is 25.3 Å². The maximum atomic E-state index is 12.2. The lowest BCUT2D eigenvalue weighted by Crippen LogP contribution is -2.19. The van der Waals surface area contributed by atoms with E-state index < -0.39 is 6.61 Å². The van der Waals surface area contributed by atoms with E-state index in [4.69, 9.17) is 5.11 Å². The van der Waals surface area contributed by atoms with Crippen LogP contribution in [0.1, 0.15) is 34.6 Å². The number of aliphatic hydroxyl groups excluding tert-OH is 1. The van der Waals surface area contributed by atoms with Crippen LogP contribution in [0.25, 0.3) is 6.08 Å². The fourth-order valence-corrected chi connectivity index (χ4v) is 3.30. The molecule has 2 aromatic carbocycles. The number of fused-ring (bicyclic) bond motifs is 1. The summed E-state index contributed by atoms with van der Waals surface area (Å²) >= 11 is 0. The van der Waals surface area contributed by atoms with E-state index in [0.29, 0.717) is 12.2 Å². The van der Waals surface area contributed by atoms with Gasteiger partial charge < -0.3 is 10.4 Å². The number of hydrogen-bond donors (Lipinski definition) is 2. The van der Waals surface area contributed by atoms with Gasteiger partial charge in [-0.1, -0.05) is 54.6 Å². The van der Waals surface area contributed by atoms with Crippen LogP contribution in [-0.4, -0.2) is 29.8 Å². The molecule has 0 fully saturated rings. The average molecular weight is 349 g/mol. The molecule has 2 aromatic rings. The number of benzene rings is 2. The third-order valence-electron chi connectivity index (χ3n) is 4.72. The summed E-state index contributed by atoms with van der Waals surface area (Å²) in [7, 11) is 0. The first kappa shape index (κ1) is 18.2. The molecule has 2 N–H and O–H groups in total. The lowest BCUT2D eigenvalue weighted by molar-refractivity contribution is -0.119. The fraction of sp³-hybridized carbons (Fsp3) is 0.273. The molecule has 1 aliphatic carbocycles. The van der Waals surface area contributed by atoms with Gasteiger partial charge in [0.1, 0.15) is 12.4 Å². The van der Waals surface area contributed by atoms with E-state index >= 15 is 0 Å². The highest BCUT2D eigenvalue weighted by molar-refractivity contribution is 5.94. The molecule has 0 heterocycles. The van der Waals surface area contributed by atoms with Crippen LogP contribution in [0.3, 0.4) is 0 Å². The standard InChI is InChI=1S/C22H23NO3/c24-15-19(25)10-9-16-5-7-17(8-6-16)14-23-12-11-21-20-4-2-1-3-18(20)13-22(21)26/h1-10,21,23-24H,11-15H2/b10-9+. The molecule has 1 aliphatic rings. The van der Waals surface area contributed by atoms with E-state index in [1.807, 2.05) is 42.5 Å². The maximum Gasteiger partial charge on any atom is 0.181 e. The molecular formula is C22H23NO3. The van der Waals surface area contributed by atoms with Gasteiger partial charge in [0.25, 0.3) is 0 Å². The van der Waals surface area contributed by atoms with Crippen molar-refractivity contribution in [2.75, 3.05) is 13.2 Å². The van der Waals surface area contributed by atoms with Gasteiger partial charge in [0.05, 0.1) is 0 Å². The molecular weight excluding hydrogens is 326 g/mol. The van der Waals surface area contributed by atoms with Crippen molar-refractivity contribution in [3.63, 3.8) is 0 Å². The molecule has 0 radical (unpaired) electrons. The molecule has 26 heavy (non-hydrogen) atoms. The Hall–Kier alpha value is -2.56. The van der Waals surface area contributed by atoms with Crippen LogP contribution < -0.4 is 5.32 Å². The molecule has 0 bridgehead atoms.